The number of sulfone groups is 1. The Morgan fingerprint density at radius 1 is 1.07 bits per heavy atom. The molecular weight excluding hydrogens is 555 g/mol. The van der Waals surface area contributed by atoms with Crippen molar-refractivity contribution in [3.05, 3.63) is 74.5 Å². The first kappa shape index (κ1) is 31.2. The Labute approximate surface area is 239 Å². The number of nitrogens with zero attached hydrogens (tertiary/aromatic N) is 2. The lowest BCUT2D eigenvalue weighted by Gasteiger charge is -2.23. The highest BCUT2D eigenvalue weighted by Crippen LogP contribution is 2.30. The van der Waals surface area contributed by atoms with E-state index in [-0.39, 0.29) is 29.7 Å². The summed E-state index contributed by atoms with van der Waals surface area (Å²) in [6.45, 7) is 5.66. The summed E-state index contributed by atoms with van der Waals surface area (Å²) >= 11 is 1.24. The van der Waals surface area contributed by atoms with E-state index in [1.165, 1.54) is 31.6 Å². The molecule has 3 rings (SSSR count). The molecule has 1 aromatic heterocycles. The minimum atomic E-state index is -3.52. The Morgan fingerprint density at radius 2 is 1.73 bits per heavy atom. The molecule has 1 heterocycles. The van der Waals surface area contributed by atoms with Crippen molar-refractivity contribution < 1.29 is 31.9 Å². The smallest absolute Gasteiger partial charge is 0.254 e. The van der Waals surface area contributed by atoms with Crippen molar-refractivity contribution in [1.82, 2.24) is 9.88 Å². The number of benzene rings is 2. The lowest BCUT2D eigenvalue weighted by atomic mass is 10.1. The first-order chi connectivity index (χ1) is 19.0. The first-order valence-electron chi connectivity index (χ1n) is 12.9. The van der Waals surface area contributed by atoms with Crippen molar-refractivity contribution in [3.8, 4) is 11.5 Å². The van der Waals surface area contributed by atoms with Gasteiger partial charge in [0.05, 0.1) is 26.5 Å². The number of carbonyl (C=O) groups is 2. The van der Waals surface area contributed by atoms with Crippen molar-refractivity contribution in [3.63, 3.8) is 0 Å². The molecule has 0 unspecified atom stereocenters. The van der Waals surface area contributed by atoms with Gasteiger partial charge in [-0.15, -0.1) is 11.3 Å². The van der Waals surface area contributed by atoms with Gasteiger partial charge in [0.25, 0.3) is 5.91 Å². The Morgan fingerprint density at radius 3 is 2.33 bits per heavy atom. The molecule has 0 bridgehead atoms. The normalized spacial score (nSPS) is 11.3. The fourth-order valence-electron chi connectivity index (χ4n) is 4.40. The lowest BCUT2D eigenvalue weighted by Crippen LogP contribution is -2.32. The van der Waals surface area contributed by atoms with Crippen molar-refractivity contribution >= 4 is 32.9 Å². The van der Waals surface area contributed by atoms with Crippen LogP contribution in [0.15, 0.2) is 36.4 Å². The van der Waals surface area contributed by atoms with E-state index < -0.39 is 21.4 Å². The number of ketones is 1. The molecule has 40 heavy (non-hydrogen) atoms. The van der Waals surface area contributed by atoms with Crippen LogP contribution in [0, 0.1) is 19.7 Å². The number of methoxy groups -OCH3 is 2. The number of hydrogen-bond donors (Lipinski definition) is 0. The molecule has 0 saturated heterocycles. The van der Waals surface area contributed by atoms with E-state index in [9.17, 15) is 22.4 Å². The van der Waals surface area contributed by atoms with E-state index in [0.717, 1.165) is 5.56 Å². The van der Waals surface area contributed by atoms with Gasteiger partial charge in [0.1, 0.15) is 33.8 Å². The van der Waals surface area contributed by atoms with E-state index in [1.807, 2.05) is 6.92 Å². The summed E-state index contributed by atoms with van der Waals surface area (Å²) in [5.74, 6) is -0.831. The van der Waals surface area contributed by atoms with Gasteiger partial charge in [-0.05, 0) is 56.9 Å². The van der Waals surface area contributed by atoms with Crippen LogP contribution in [0.2, 0.25) is 0 Å². The average molecular weight is 591 g/mol. The monoisotopic (exact) mass is 590 g/mol. The molecular formula is C29H35FN2O6S2. The molecule has 8 nitrogen and oxygen atoms in total. The molecule has 0 aliphatic carbocycles. The largest absolute Gasteiger partial charge is 0.496 e. The van der Waals surface area contributed by atoms with Crippen LogP contribution in [-0.2, 0) is 22.8 Å². The summed E-state index contributed by atoms with van der Waals surface area (Å²) in [5.41, 5.74) is 1.77. The second-order valence-electron chi connectivity index (χ2n) is 9.46. The van der Waals surface area contributed by atoms with Crippen molar-refractivity contribution in [2.24, 2.45) is 0 Å². The molecule has 1 amide bonds. The molecule has 0 fully saturated rings. The summed E-state index contributed by atoms with van der Waals surface area (Å²) < 4.78 is 49.5. The number of rotatable bonds is 14. The third-order valence-electron chi connectivity index (χ3n) is 6.42. The van der Waals surface area contributed by atoms with Gasteiger partial charge >= 0.3 is 0 Å². The molecule has 11 heteroatoms. The molecule has 2 aromatic carbocycles. The van der Waals surface area contributed by atoms with Crippen LogP contribution in [0.5, 0.6) is 11.5 Å². The minimum Gasteiger partial charge on any atom is -0.496 e. The van der Waals surface area contributed by atoms with Crippen LogP contribution < -0.4 is 9.47 Å². The predicted molar refractivity (Wildman–Crippen MR) is 154 cm³/mol. The van der Waals surface area contributed by atoms with Crippen LogP contribution in [0.1, 0.15) is 61.6 Å². The predicted octanol–water partition coefficient (Wildman–Crippen LogP) is 5.20. The number of ether oxygens (including phenoxy) is 2. The van der Waals surface area contributed by atoms with Gasteiger partial charge in [-0.25, -0.2) is 17.8 Å². The number of amides is 1. The van der Waals surface area contributed by atoms with Crippen molar-refractivity contribution in [2.45, 2.75) is 46.6 Å². The maximum atomic E-state index is 14.2. The van der Waals surface area contributed by atoms with Crippen molar-refractivity contribution in [1.29, 1.82) is 0 Å². The maximum Gasteiger partial charge on any atom is 0.254 e. The molecule has 0 aliphatic heterocycles. The Hall–Kier alpha value is -3.31. The number of carbonyl (C=O) groups excluding carboxylic acids is 2. The van der Waals surface area contributed by atoms with E-state index in [2.05, 4.69) is 4.98 Å². The van der Waals surface area contributed by atoms with Gasteiger partial charge in [-0.3, -0.25) is 9.59 Å². The van der Waals surface area contributed by atoms with Crippen LogP contribution in [0.4, 0.5) is 4.39 Å². The molecule has 0 atom stereocenters. The Bertz CT molecular complexity index is 1440. The SMILES string of the molecule is CCCS(=O)(=O)CC(=O)c1nc(CN(CCCc2ccccc2F)C(=O)c2cc(OC)c(C)c(OC)c2)sc1C. The highest BCUT2D eigenvalue weighted by atomic mass is 32.2. The van der Waals surface area contributed by atoms with E-state index >= 15 is 0 Å². The molecule has 0 saturated carbocycles. The van der Waals surface area contributed by atoms with Gasteiger partial charge in [-0.1, -0.05) is 25.1 Å². The molecule has 3 aromatic rings. The lowest BCUT2D eigenvalue weighted by molar-refractivity contribution is 0.0740. The summed E-state index contributed by atoms with van der Waals surface area (Å²) in [6.07, 6.45) is 1.33. The van der Waals surface area contributed by atoms with Crippen LogP contribution in [-0.4, -0.2) is 62.3 Å². The van der Waals surface area contributed by atoms with Crippen LogP contribution >= 0.6 is 11.3 Å². The number of halogens is 1. The molecule has 0 aliphatic rings. The third kappa shape index (κ3) is 7.88. The third-order valence-corrected chi connectivity index (χ3v) is 9.10. The molecule has 0 N–H and O–H groups in total. The first-order valence-corrected chi connectivity index (χ1v) is 15.6. The van der Waals surface area contributed by atoms with E-state index in [4.69, 9.17) is 9.47 Å². The van der Waals surface area contributed by atoms with Crippen molar-refractivity contribution in [2.75, 3.05) is 32.3 Å². The zero-order valence-corrected chi connectivity index (χ0v) is 25.1. The second kappa shape index (κ2) is 13.8. The number of thiazole rings is 1. The summed E-state index contributed by atoms with van der Waals surface area (Å²) in [6, 6.07) is 9.80. The quantitative estimate of drug-likeness (QED) is 0.238. The standard InChI is InChI=1S/C29H35FN2O6S2/c1-6-14-40(35,36)18-24(33)28-20(3)39-27(31-28)17-32(13-9-11-21-10-7-8-12-23(21)30)29(34)22-15-25(37-4)19(2)26(16-22)38-5/h7-8,10,12,15-16H,6,9,11,13-14,17-18H2,1-5H3. The fourth-order valence-corrected chi connectivity index (χ4v) is 6.67. The summed E-state index contributed by atoms with van der Waals surface area (Å²) in [7, 11) is -0.494. The average Bonchev–Trinajstić information content (AvgIpc) is 3.28. The zero-order valence-electron chi connectivity index (χ0n) is 23.5. The van der Waals surface area contributed by atoms with Gasteiger partial charge in [-0.2, -0.15) is 0 Å². The Kier molecular flexibility index (Phi) is 10.8. The van der Waals surface area contributed by atoms with Gasteiger partial charge < -0.3 is 14.4 Å². The highest BCUT2D eigenvalue weighted by Gasteiger charge is 2.25. The topological polar surface area (TPSA) is 103 Å². The summed E-state index contributed by atoms with van der Waals surface area (Å²) in [5, 5.41) is 0.499. The second-order valence-corrected chi connectivity index (χ2v) is 12.9. The molecule has 0 radical (unpaired) electrons. The summed E-state index contributed by atoms with van der Waals surface area (Å²) in [4.78, 5) is 33.1. The Balaban J connectivity index is 1.89. The van der Waals surface area contributed by atoms with Gasteiger partial charge in [0.2, 0.25) is 0 Å². The zero-order chi connectivity index (χ0) is 29.4. The van der Waals surface area contributed by atoms with E-state index in [1.54, 1.807) is 49.1 Å². The van der Waals surface area contributed by atoms with Crippen LogP contribution in [0.3, 0.4) is 0 Å². The van der Waals surface area contributed by atoms with E-state index in [0.29, 0.717) is 58.3 Å². The van der Waals surface area contributed by atoms with Gasteiger partial charge in [0.15, 0.2) is 15.6 Å². The maximum absolute atomic E-state index is 14.2. The van der Waals surface area contributed by atoms with Gasteiger partial charge in [0, 0.05) is 22.5 Å². The number of hydrogen-bond acceptors (Lipinski definition) is 8. The molecule has 0 spiro atoms. The number of Topliss-reactive ketones (excluding diaryl/α,β-unsaturated/α-hetero) is 1. The molecule has 216 valence electrons. The number of aryl methyl sites for hydroxylation is 2. The minimum absolute atomic E-state index is 0.0669. The number of aromatic nitrogens is 1. The fraction of sp³-hybridized carbons (Fsp3) is 0.414. The van der Waals surface area contributed by atoms with Crippen LogP contribution in [0.25, 0.3) is 0 Å². The highest BCUT2D eigenvalue weighted by molar-refractivity contribution is 7.92.